The Hall–Kier alpha value is -2.89. The van der Waals surface area contributed by atoms with Crippen molar-refractivity contribution in [3.8, 4) is 5.75 Å². The van der Waals surface area contributed by atoms with Gasteiger partial charge in [-0.2, -0.15) is 0 Å². The Labute approximate surface area is 196 Å². The number of hydrogen-bond acceptors (Lipinski definition) is 5. The number of aromatic nitrogens is 1. The number of pyridine rings is 1. The van der Waals surface area contributed by atoms with E-state index in [2.05, 4.69) is 63.7 Å². The highest BCUT2D eigenvalue weighted by molar-refractivity contribution is 5.68. The molecule has 0 spiro atoms. The van der Waals surface area contributed by atoms with Crippen molar-refractivity contribution in [2.45, 2.75) is 44.8 Å². The lowest BCUT2D eigenvalue weighted by atomic mass is 9.98. The van der Waals surface area contributed by atoms with Gasteiger partial charge in [-0.25, -0.2) is 0 Å². The highest BCUT2D eigenvalue weighted by Crippen LogP contribution is 2.35. The maximum absolute atomic E-state index is 6.07. The van der Waals surface area contributed by atoms with Crippen LogP contribution < -0.4 is 15.0 Å². The van der Waals surface area contributed by atoms with Crippen molar-refractivity contribution in [1.82, 2.24) is 10.3 Å². The molecule has 2 aliphatic heterocycles. The van der Waals surface area contributed by atoms with Gasteiger partial charge in [0.2, 0.25) is 0 Å². The number of hydrogen-bond donors (Lipinski definition) is 1. The Morgan fingerprint density at radius 2 is 1.94 bits per heavy atom. The van der Waals surface area contributed by atoms with Crippen molar-refractivity contribution in [1.29, 1.82) is 0 Å². The number of nitrogens with zero attached hydrogens (tertiary/aromatic N) is 2. The molecule has 1 aromatic heterocycles. The van der Waals surface area contributed by atoms with Crippen LogP contribution in [0.2, 0.25) is 0 Å². The van der Waals surface area contributed by atoms with Gasteiger partial charge in [0.15, 0.2) is 0 Å². The smallest absolute Gasteiger partial charge is 0.139 e. The highest BCUT2D eigenvalue weighted by Gasteiger charge is 2.20. The van der Waals surface area contributed by atoms with Crippen LogP contribution in [0.3, 0.4) is 0 Å². The lowest BCUT2D eigenvalue weighted by Crippen LogP contribution is -2.28. The van der Waals surface area contributed by atoms with E-state index in [0.29, 0.717) is 25.9 Å². The Bertz CT molecular complexity index is 1030. The van der Waals surface area contributed by atoms with Crippen LogP contribution in [0.5, 0.6) is 5.75 Å². The van der Waals surface area contributed by atoms with E-state index in [0.717, 1.165) is 43.8 Å². The van der Waals surface area contributed by atoms with E-state index in [4.69, 9.17) is 9.47 Å². The van der Waals surface area contributed by atoms with E-state index < -0.39 is 0 Å². The monoisotopic (exact) mass is 443 g/mol. The molecule has 1 saturated heterocycles. The second-order valence-electron chi connectivity index (χ2n) is 8.99. The summed E-state index contributed by atoms with van der Waals surface area (Å²) in [6.45, 7) is 4.17. The molecule has 0 bridgehead atoms. The Balaban J connectivity index is 1.23. The quantitative estimate of drug-likeness (QED) is 0.469. The van der Waals surface area contributed by atoms with Crippen molar-refractivity contribution >= 4 is 11.4 Å². The molecule has 0 saturated carbocycles. The molecule has 0 amide bonds. The van der Waals surface area contributed by atoms with Gasteiger partial charge in [-0.15, -0.1) is 0 Å². The summed E-state index contributed by atoms with van der Waals surface area (Å²) in [7, 11) is 0. The standard InChI is InChI=1S/C28H33N3O2/c1-2-6-23(7-3-1)20-32-15-12-22-10-11-24-8-5-14-31(28(24)16-22)26-17-27(19-29-18-26)33-21-25-9-4-13-30-25/h1-3,6-7,10-11,16-19,25,30H,4-5,8-9,12-15,20-21H2. The Kier molecular flexibility index (Phi) is 7.19. The van der Waals surface area contributed by atoms with E-state index in [9.17, 15) is 0 Å². The third-order valence-corrected chi connectivity index (χ3v) is 6.54. The van der Waals surface area contributed by atoms with Crippen LogP contribution in [0.15, 0.2) is 67.0 Å². The summed E-state index contributed by atoms with van der Waals surface area (Å²) >= 11 is 0. The number of nitrogens with one attached hydrogen (secondary N) is 1. The second kappa shape index (κ2) is 10.8. The first kappa shape index (κ1) is 21.9. The first-order valence-electron chi connectivity index (χ1n) is 12.2. The summed E-state index contributed by atoms with van der Waals surface area (Å²) in [5.74, 6) is 0.846. The van der Waals surface area contributed by atoms with E-state index in [1.165, 1.54) is 35.2 Å². The minimum Gasteiger partial charge on any atom is -0.490 e. The number of benzene rings is 2. The molecule has 5 heteroatoms. The molecule has 33 heavy (non-hydrogen) atoms. The summed E-state index contributed by atoms with van der Waals surface area (Å²) in [6.07, 6.45) is 9.36. The summed E-state index contributed by atoms with van der Waals surface area (Å²) in [4.78, 5) is 6.87. The largest absolute Gasteiger partial charge is 0.490 e. The zero-order chi connectivity index (χ0) is 22.3. The lowest BCUT2D eigenvalue weighted by Gasteiger charge is -2.32. The molecule has 1 atom stereocenters. The van der Waals surface area contributed by atoms with E-state index in [1.807, 2.05) is 18.5 Å². The second-order valence-corrected chi connectivity index (χ2v) is 8.99. The van der Waals surface area contributed by atoms with Crippen molar-refractivity contribution < 1.29 is 9.47 Å². The molecule has 1 unspecified atom stereocenters. The zero-order valence-corrected chi connectivity index (χ0v) is 19.2. The Morgan fingerprint density at radius 1 is 1.00 bits per heavy atom. The first-order valence-corrected chi connectivity index (χ1v) is 12.2. The van der Waals surface area contributed by atoms with Crippen LogP contribution in [-0.2, 0) is 24.2 Å². The molecule has 1 N–H and O–H groups in total. The van der Waals surface area contributed by atoms with Gasteiger partial charge in [-0.1, -0.05) is 42.5 Å². The van der Waals surface area contributed by atoms with Gasteiger partial charge in [0.25, 0.3) is 0 Å². The first-order chi connectivity index (χ1) is 16.3. The molecular weight excluding hydrogens is 410 g/mol. The molecular formula is C28H33N3O2. The molecule has 5 rings (SSSR count). The van der Waals surface area contributed by atoms with Crippen LogP contribution in [0.1, 0.15) is 36.0 Å². The fourth-order valence-corrected chi connectivity index (χ4v) is 4.73. The highest BCUT2D eigenvalue weighted by atomic mass is 16.5. The molecule has 1 fully saturated rings. The van der Waals surface area contributed by atoms with Gasteiger partial charge in [0, 0.05) is 24.3 Å². The van der Waals surface area contributed by atoms with Crippen molar-refractivity contribution in [2.75, 3.05) is 31.2 Å². The van der Waals surface area contributed by atoms with Crippen LogP contribution in [0.25, 0.3) is 0 Å². The molecule has 0 aliphatic carbocycles. The van der Waals surface area contributed by atoms with E-state index in [1.54, 1.807) is 0 Å². The molecule has 172 valence electrons. The SMILES string of the molecule is c1ccc(COCCc2ccc3c(c2)N(c2cncc(OCC4CCCN4)c2)CCC3)cc1. The Morgan fingerprint density at radius 3 is 2.82 bits per heavy atom. The zero-order valence-electron chi connectivity index (χ0n) is 19.2. The molecule has 0 radical (unpaired) electrons. The number of fused-ring (bicyclic) bond motifs is 1. The lowest BCUT2D eigenvalue weighted by molar-refractivity contribution is 0.124. The topological polar surface area (TPSA) is 46.6 Å². The summed E-state index contributed by atoms with van der Waals surface area (Å²) in [6, 6.07) is 19.8. The number of anilines is 2. The number of ether oxygens (including phenoxy) is 2. The third kappa shape index (κ3) is 5.73. The fraction of sp³-hybridized carbons (Fsp3) is 0.393. The van der Waals surface area contributed by atoms with Crippen molar-refractivity contribution in [2.24, 2.45) is 0 Å². The van der Waals surface area contributed by atoms with Crippen molar-refractivity contribution in [3.05, 3.63) is 83.7 Å². The van der Waals surface area contributed by atoms with E-state index >= 15 is 0 Å². The van der Waals surface area contributed by atoms with Gasteiger partial charge in [-0.3, -0.25) is 4.98 Å². The average molecular weight is 444 g/mol. The summed E-state index contributed by atoms with van der Waals surface area (Å²) in [5, 5.41) is 3.49. The van der Waals surface area contributed by atoms with Crippen LogP contribution in [-0.4, -0.2) is 37.3 Å². The molecule has 2 aromatic carbocycles. The minimum atomic E-state index is 0.455. The van der Waals surface area contributed by atoms with Gasteiger partial charge >= 0.3 is 0 Å². The summed E-state index contributed by atoms with van der Waals surface area (Å²) < 4.78 is 12.0. The predicted octanol–water partition coefficient (Wildman–Crippen LogP) is 5.06. The maximum Gasteiger partial charge on any atom is 0.139 e. The van der Waals surface area contributed by atoms with E-state index in [-0.39, 0.29) is 0 Å². The molecule has 3 heterocycles. The molecule has 2 aliphatic rings. The normalized spacial score (nSPS) is 17.7. The molecule has 3 aromatic rings. The van der Waals surface area contributed by atoms with Crippen molar-refractivity contribution in [3.63, 3.8) is 0 Å². The van der Waals surface area contributed by atoms with Crippen LogP contribution >= 0.6 is 0 Å². The van der Waals surface area contributed by atoms with Gasteiger partial charge in [-0.05, 0) is 61.4 Å². The third-order valence-electron chi connectivity index (χ3n) is 6.54. The summed E-state index contributed by atoms with van der Waals surface area (Å²) in [5.41, 5.74) is 6.31. The van der Waals surface area contributed by atoms with Gasteiger partial charge in [0.1, 0.15) is 12.4 Å². The minimum absolute atomic E-state index is 0.455. The average Bonchev–Trinajstić information content (AvgIpc) is 3.40. The maximum atomic E-state index is 6.07. The van der Waals surface area contributed by atoms with Crippen LogP contribution in [0, 0.1) is 0 Å². The number of aryl methyl sites for hydroxylation is 1. The van der Waals surface area contributed by atoms with Gasteiger partial charge in [0.05, 0.1) is 31.3 Å². The number of rotatable bonds is 9. The predicted molar refractivity (Wildman–Crippen MR) is 132 cm³/mol. The van der Waals surface area contributed by atoms with Gasteiger partial charge < -0.3 is 19.7 Å². The van der Waals surface area contributed by atoms with Crippen LogP contribution in [0.4, 0.5) is 11.4 Å². The fourth-order valence-electron chi connectivity index (χ4n) is 4.73. The molecule has 5 nitrogen and oxygen atoms in total.